The smallest absolute Gasteiger partial charge is 0.387 e. The number of hydrogen-bond donors (Lipinski definition) is 1. The average Bonchev–Trinajstić information content (AvgIpc) is 2.98. The number of aromatic nitrogens is 2. The topological polar surface area (TPSA) is 111 Å². The number of nitrogens with one attached hydrogen (secondary N) is 1. The molecular weight excluding hydrogens is 434 g/mol. The molecule has 0 aliphatic carbocycles. The fraction of sp³-hybridized carbons (Fsp3) is 0.211. The lowest BCUT2D eigenvalue weighted by molar-refractivity contribution is -0.122. The number of aryl methyl sites for hydroxylation is 1. The number of alkyl halides is 2. The molecule has 0 bridgehead atoms. The molecule has 0 unspecified atom stereocenters. The van der Waals surface area contributed by atoms with Crippen LogP contribution in [0.15, 0.2) is 46.1 Å². The van der Waals surface area contributed by atoms with Crippen LogP contribution < -0.4 is 15.6 Å². The maximum absolute atomic E-state index is 12.5. The van der Waals surface area contributed by atoms with Crippen LogP contribution in [0.3, 0.4) is 0 Å². The van der Waals surface area contributed by atoms with Gasteiger partial charge >= 0.3 is 6.61 Å². The summed E-state index contributed by atoms with van der Waals surface area (Å²) in [6.07, 6.45) is 1.46. The lowest BCUT2D eigenvalue weighted by Crippen LogP contribution is -2.38. The van der Waals surface area contributed by atoms with Gasteiger partial charge in [0.1, 0.15) is 11.4 Å². The van der Waals surface area contributed by atoms with Crippen LogP contribution in [0.25, 0.3) is 6.08 Å². The van der Waals surface area contributed by atoms with Gasteiger partial charge in [-0.05, 0) is 41.6 Å². The van der Waals surface area contributed by atoms with Crippen LogP contribution in [0.1, 0.15) is 16.1 Å². The number of imide groups is 1. The maximum atomic E-state index is 12.5. The number of benzene rings is 1. The van der Waals surface area contributed by atoms with E-state index in [1.54, 1.807) is 0 Å². The highest BCUT2D eigenvalue weighted by Crippen LogP contribution is 2.32. The Morgan fingerprint density at radius 3 is 2.55 bits per heavy atom. The molecule has 31 heavy (non-hydrogen) atoms. The molecule has 1 aliphatic rings. The number of ether oxygens (including phenoxy) is 1. The van der Waals surface area contributed by atoms with Crippen molar-refractivity contribution in [3.8, 4) is 5.75 Å². The molecule has 1 N–H and O–H groups in total. The molecule has 1 aromatic carbocycles. The number of halogens is 2. The Hall–Kier alpha value is -3.54. The summed E-state index contributed by atoms with van der Waals surface area (Å²) in [4.78, 5) is 49.2. The second-order valence-corrected chi connectivity index (χ2v) is 7.21. The molecule has 0 saturated carbocycles. The molecule has 0 radical (unpaired) electrons. The zero-order valence-corrected chi connectivity index (χ0v) is 16.9. The standard InChI is InChI=1S/C19H16F2N4O5S/c1-24-15(26)7-6-13(23-24)16(27)22-8-9-25-17(28)14(31-19(25)29)10-11-2-4-12(5-3-11)30-18(20)21/h2-7,10,18H,8-9H2,1H3,(H,22,27). The molecule has 1 aromatic heterocycles. The molecular formula is C19H16F2N4O5S. The number of carbonyl (C=O) groups excluding carboxylic acids is 3. The highest BCUT2D eigenvalue weighted by molar-refractivity contribution is 8.18. The van der Waals surface area contributed by atoms with Crippen LogP contribution in [-0.4, -0.2) is 51.4 Å². The fourth-order valence-electron chi connectivity index (χ4n) is 2.58. The predicted molar refractivity (Wildman–Crippen MR) is 108 cm³/mol. The monoisotopic (exact) mass is 450 g/mol. The van der Waals surface area contributed by atoms with Crippen LogP contribution in [0.5, 0.6) is 5.75 Å². The molecule has 2 heterocycles. The first-order valence-electron chi connectivity index (χ1n) is 8.87. The third kappa shape index (κ3) is 5.54. The molecule has 3 amide bonds. The molecule has 0 atom stereocenters. The quantitative estimate of drug-likeness (QED) is 0.641. The van der Waals surface area contributed by atoms with Gasteiger partial charge in [-0.3, -0.25) is 24.1 Å². The predicted octanol–water partition coefficient (Wildman–Crippen LogP) is 1.85. The fourth-order valence-corrected chi connectivity index (χ4v) is 3.45. The van der Waals surface area contributed by atoms with Gasteiger partial charge in [0.05, 0.1) is 4.91 Å². The van der Waals surface area contributed by atoms with E-state index in [2.05, 4.69) is 15.2 Å². The lowest BCUT2D eigenvalue weighted by atomic mass is 10.2. The Labute approximate surface area is 178 Å². The number of carbonyl (C=O) groups is 3. The second-order valence-electron chi connectivity index (χ2n) is 6.22. The van der Waals surface area contributed by atoms with Crippen molar-refractivity contribution in [2.75, 3.05) is 13.1 Å². The minimum Gasteiger partial charge on any atom is -0.435 e. The summed E-state index contributed by atoms with van der Waals surface area (Å²) in [6, 6.07) is 8.09. The summed E-state index contributed by atoms with van der Waals surface area (Å²) in [5.41, 5.74) is 0.189. The van der Waals surface area contributed by atoms with Crippen LogP contribution in [0.2, 0.25) is 0 Å². The van der Waals surface area contributed by atoms with E-state index in [9.17, 15) is 28.0 Å². The van der Waals surface area contributed by atoms with Gasteiger partial charge in [-0.25, -0.2) is 4.68 Å². The van der Waals surface area contributed by atoms with Crippen molar-refractivity contribution in [1.82, 2.24) is 20.0 Å². The molecule has 1 fully saturated rings. The summed E-state index contributed by atoms with van der Waals surface area (Å²) in [5, 5.41) is 5.85. The number of rotatable bonds is 7. The zero-order valence-electron chi connectivity index (χ0n) is 16.1. The van der Waals surface area contributed by atoms with E-state index in [0.29, 0.717) is 5.56 Å². The summed E-state index contributed by atoms with van der Waals surface area (Å²) in [7, 11) is 1.41. The average molecular weight is 450 g/mol. The SMILES string of the molecule is Cn1nc(C(=O)NCCN2C(=O)SC(=Cc3ccc(OC(F)F)cc3)C2=O)ccc1=O. The highest BCUT2D eigenvalue weighted by Gasteiger charge is 2.34. The highest BCUT2D eigenvalue weighted by atomic mass is 32.2. The summed E-state index contributed by atoms with van der Waals surface area (Å²) in [6.45, 7) is -3.00. The van der Waals surface area contributed by atoms with Gasteiger partial charge in [0.2, 0.25) is 0 Å². The molecule has 3 rings (SSSR count). The maximum Gasteiger partial charge on any atom is 0.387 e. The normalized spacial score (nSPS) is 15.1. The molecule has 162 valence electrons. The van der Waals surface area contributed by atoms with E-state index < -0.39 is 23.7 Å². The molecule has 1 aliphatic heterocycles. The van der Waals surface area contributed by atoms with Crippen molar-refractivity contribution >= 4 is 34.9 Å². The van der Waals surface area contributed by atoms with Crippen LogP contribution >= 0.6 is 11.8 Å². The van der Waals surface area contributed by atoms with E-state index in [4.69, 9.17) is 0 Å². The van der Waals surface area contributed by atoms with Crippen molar-refractivity contribution in [3.63, 3.8) is 0 Å². The van der Waals surface area contributed by atoms with Crippen molar-refractivity contribution in [2.45, 2.75) is 6.61 Å². The molecule has 1 saturated heterocycles. The zero-order chi connectivity index (χ0) is 22.5. The van der Waals surface area contributed by atoms with Gasteiger partial charge in [-0.15, -0.1) is 0 Å². The Kier molecular flexibility index (Phi) is 6.80. The van der Waals surface area contributed by atoms with Crippen molar-refractivity contribution in [2.24, 2.45) is 7.05 Å². The van der Waals surface area contributed by atoms with Gasteiger partial charge in [-0.1, -0.05) is 12.1 Å². The summed E-state index contributed by atoms with van der Waals surface area (Å²) in [5.74, 6) is -1.11. The lowest BCUT2D eigenvalue weighted by Gasteiger charge is -2.12. The number of thioether (sulfide) groups is 1. The van der Waals surface area contributed by atoms with Crippen molar-refractivity contribution < 1.29 is 27.9 Å². The molecule has 2 aromatic rings. The summed E-state index contributed by atoms with van der Waals surface area (Å²) >= 11 is 0.734. The first kappa shape index (κ1) is 22.2. The molecule has 12 heteroatoms. The van der Waals surface area contributed by atoms with Gasteiger partial charge in [0, 0.05) is 26.2 Å². The van der Waals surface area contributed by atoms with Crippen molar-refractivity contribution in [3.05, 3.63) is 62.9 Å². The molecule has 0 spiro atoms. The third-order valence-corrected chi connectivity index (χ3v) is 5.00. The largest absolute Gasteiger partial charge is 0.435 e. The summed E-state index contributed by atoms with van der Waals surface area (Å²) < 4.78 is 29.7. The van der Waals surface area contributed by atoms with Gasteiger partial charge in [0.15, 0.2) is 0 Å². The Balaban J connectivity index is 1.58. The minimum absolute atomic E-state index is 0.00562. The number of nitrogens with zero attached hydrogens (tertiary/aromatic N) is 3. The van der Waals surface area contributed by atoms with E-state index in [-0.39, 0.29) is 35.0 Å². The van der Waals surface area contributed by atoms with Gasteiger partial charge < -0.3 is 10.1 Å². The van der Waals surface area contributed by atoms with E-state index in [0.717, 1.165) is 21.3 Å². The van der Waals surface area contributed by atoms with Gasteiger partial charge in [0.25, 0.3) is 22.6 Å². The first-order valence-corrected chi connectivity index (χ1v) is 9.69. The van der Waals surface area contributed by atoms with Gasteiger partial charge in [-0.2, -0.15) is 13.9 Å². The van der Waals surface area contributed by atoms with Crippen LogP contribution in [-0.2, 0) is 11.8 Å². The van der Waals surface area contributed by atoms with Crippen molar-refractivity contribution in [1.29, 1.82) is 0 Å². The second kappa shape index (κ2) is 9.51. The molecule has 9 nitrogen and oxygen atoms in total. The number of hydrogen-bond acceptors (Lipinski definition) is 7. The Morgan fingerprint density at radius 2 is 1.90 bits per heavy atom. The minimum atomic E-state index is -2.94. The Bertz CT molecular complexity index is 1100. The third-order valence-electron chi connectivity index (χ3n) is 4.09. The van der Waals surface area contributed by atoms with E-state index in [1.165, 1.54) is 49.5 Å². The van der Waals surface area contributed by atoms with E-state index >= 15 is 0 Å². The van der Waals surface area contributed by atoms with Crippen LogP contribution in [0.4, 0.5) is 13.6 Å². The first-order chi connectivity index (χ1) is 14.7. The Morgan fingerprint density at radius 1 is 1.19 bits per heavy atom. The van der Waals surface area contributed by atoms with Crippen LogP contribution in [0, 0.1) is 0 Å². The van der Waals surface area contributed by atoms with E-state index in [1.807, 2.05) is 0 Å². The number of amides is 3.